The fraction of sp³-hybridized carbons (Fsp3) is 0.385. The number of carbonyl (C=O) groups excluding carboxylic acids is 1. The highest BCUT2D eigenvalue weighted by molar-refractivity contribution is 5.90. The van der Waals surface area contributed by atoms with Crippen molar-refractivity contribution in [3.63, 3.8) is 0 Å². The molecule has 2 amide bonds. The van der Waals surface area contributed by atoms with Crippen molar-refractivity contribution >= 4 is 17.7 Å². The lowest BCUT2D eigenvalue weighted by Crippen LogP contribution is -2.37. The van der Waals surface area contributed by atoms with Crippen LogP contribution in [-0.2, 0) is 4.79 Å². The molecule has 3 N–H and O–H groups in total. The Hall–Kier alpha value is -2.04. The molecule has 0 aliphatic rings. The highest BCUT2D eigenvalue weighted by atomic mass is 16.4. The van der Waals surface area contributed by atoms with Gasteiger partial charge in [-0.05, 0) is 38.0 Å². The molecule has 0 bridgehead atoms. The van der Waals surface area contributed by atoms with Gasteiger partial charge in [-0.2, -0.15) is 0 Å². The average Bonchev–Trinajstić information content (AvgIpc) is 2.23. The molecule has 0 aliphatic heterocycles. The molecule has 18 heavy (non-hydrogen) atoms. The van der Waals surface area contributed by atoms with Gasteiger partial charge in [0.15, 0.2) is 0 Å². The third-order valence-electron chi connectivity index (χ3n) is 2.71. The second-order valence-corrected chi connectivity index (χ2v) is 4.34. The van der Waals surface area contributed by atoms with E-state index in [9.17, 15) is 9.59 Å². The van der Waals surface area contributed by atoms with E-state index in [1.807, 2.05) is 32.0 Å². The number of hydrogen-bond acceptors (Lipinski definition) is 2. The summed E-state index contributed by atoms with van der Waals surface area (Å²) in [6.07, 6.45) is -0.0970. The van der Waals surface area contributed by atoms with Gasteiger partial charge in [0.05, 0.1) is 6.42 Å². The van der Waals surface area contributed by atoms with Gasteiger partial charge in [-0.1, -0.05) is 12.1 Å². The molecule has 0 fully saturated rings. The zero-order valence-electron chi connectivity index (χ0n) is 10.8. The summed E-state index contributed by atoms with van der Waals surface area (Å²) in [7, 11) is 0. The van der Waals surface area contributed by atoms with E-state index in [2.05, 4.69) is 10.6 Å². The summed E-state index contributed by atoms with van der Waals surface area (Å²) in [5, 5.41) is 13.9. The van der Waals surface area contributed by atoms with E-state index in [0.717, 1.165) is 16.8 Å². The van der Waals surface area contributed by atoms with Crippen molar-refractivity contribution in [3.05, 3.63) is 29.3 Å². The molecule has 5 heteroatoms. The molecule has 5 nitrogen and oxygen atoms in total. The van der Waals surface area contributed by atoms with Crippen LogP contribution in [-0.4, -0.2) is 23.1 Å². The van der Waals surface area contributed by atoms with Gasteiger partial charge in [0.25, 0.3) is 0 Å². The lowest BCUT2D eigenvalue weighted by molar-refractivity contribution is -0.137. The van der Waals surface area contributed by atoms with Crippen molar-refractivity contribution in [2.45, 2.75) is 33.2 Å². The number of carboxylic acid groups (broad SMARTS) is 1. The minimum absolute atomic E-state index is 0.0970. The lowest BCUT2D eigenvalue weighted by atomic mass is 10.1. The Balaban J connectivity index is 2.59. The molecule has 1 atom stereocenters. The Kier molecular flexibility index (Phi) is 4.71. The van der Waals surface area contributed by atoms with Crippen LogP contribution in [0.3, 0.4) is 0 Å². The molecular weight excluding hydrogens is 232 g/mol. The van der Waals surface area contributed by atoms with Gasteiger partial charge in [-0.3, -0.25) is 4.79 Å². The zero-order valence-corrected chi connectivity index (χ0v) is 10.8. The summed E-state index contributed by atoms with van der Waals surface area (Å²) in [6.45, 7) is 5.54. The van der Waals surface area contributed by atoms with Crippen LogP contribution in [0.5, 0.6) is 0 Å². The Labute approximate surface area is 106 Å². The van der Waals surface area contributed by atoms with Crippen LogP contribution in [0.25, 0.3) is 0 Å². The number of rotatable bonds is 4. The quantitative estimate of drug-likeness (QED) is 0.767. The second kappa shape index (κ2) is 6.05. The fourth-order valence-electron chi connectivity index (χ4n) is 1.58. The predicted molar refractivity (Wildman–Crippen MR) is 69.8 cm³/mol. The van der Waals surface area contributed by atoms with Gasteiger partial charge in [-0.25, -0.2) is 4.79 Å². The molecule has 1 unspecified atom stereocenters. The minimum atomic E-state index is -0.936. The standard InChI is InChI=1S/C13H18N2O3/c1-8-5-4-6-11(10(8)3)15-13(18)14-9(2)7-12(16)17/h4-6,9H,7H2,1-3H3,(H,16,17)(H2,14,15,18). The number of nitrogens with one attached hydrogen (secondary N) is 2. The molecule has 0 saturated heterocycles. The van der Waals surface area contributed by atoms with Gasteiger partial charge >= 0.3 is 12.0 Å². The first kappa shape index (κ1) is 14.0. The Morgan fingerprint density at radius 3 is 2.61 bits per heavy atom. The van der Waals surface area contributed by atoms with E-state index in [4.69, 9.17) is 5.11 Å². The van der Waals surface area contributed by atoms with Crippen LogP contribution in [0.4, 0.5) is 10.5 Å². The molecule has 0 saturated carbocycles. The van der Waals surface area contributed by atoms with Gasteiger partial charge in [0, 0.05) is 11.7 Å². The van der Waals surface area contributed by atoms with Crippen molar-refractivity contribution in [2.24, 2.45) is 0 Å². The van der Waals surface area contributed by atoms with E-state index < -0.39 is 18.0 Å². The zero-order chi connectivity index (χ0) is 13.7. The Bertz CT molecular complexity index is 458. The van der Waals surface area contributed by atoms with Crippen LogP contribution in [0, 0.1) is 13.8 Å². The molecule has 0 spiro atoms. The van der Waals surface area contributed by atoms with E-state index >= 15 is 0 Å². The number of carboxylic acids is 1. The fourth-order valence-corrected chi connectivity index (χ4v) is 1.58. The van der Waals surface area contributed by atoms with E-state index in [1.165, 1.54) is 0 Å². The number of hydrogen-bond donors (Lipinski definition) is 3. The normalized spacial score (nSPS) is 11.7. The van der Waals surface area contributed by atoms with Gasteiger partial charge < -0.3 is 15.7 Å². The van der Waals surface area contributed by atoms with E-state index in [1.54, 1.807) is 6.92 Å². The smallest absolute Gasteiger partial charge is 0.319 e. The number of carbonyl (C=O) groups is 2. The first-order valence-corrected chi connectivity index (χ1v) is 5.75. The van der Waals surface area contributed by atoms with Crippen LogP contribution in [0.2, 0.25) is 0 Å². The summed E-state index contributed by atoms with van der Waals surface area (Å²) in [5.74, 6) is -0.936. The highest BCUT2D eigenvalue weighted by Gasteiger charge is 2.11. The maximum Gasteiger partial charge on any atom is 0.319 e. The monoisotopic (exact) mass is 250 g/mol. The highest BCUT2D eigenvalue weighted by Crippen LogP contribution is 2.17. The Morgan fingerprint density at radius 2 is 2.00 bits per heavy atom. The van der Waals surface area contributed by atoms with E-state index in [-0.39, 0.29) is 6.42 Å². The maximum absolute atomic E-state index is 11.7. The summed E-state index contributed by atoms with van der Waals surface area (Å²) < 4.78 is 0. The second-order valence-electron chi connectivity index (χ2n) is 4.34. The van der Waals surface area contributed by atoms with E-state index in [0.29, 0.717) is 0 Å². The molecule has 0 aromatic heterocycles. The molecule has 98 valence electrons. The molecule has 0 aliphatic carbocycles. The van der Waals surface area contributed by atoms with Gasteiger partial charge in [0.2, 0.25) is 0 Å². The van der Waals surface area contributed by atoms with Crippen molar-refractivity contribution in [1.82, 2.24) is 5.32 Å². The molecule has 1 rings (SSSR count). The molecule has 1 aromatic carbocycles. The molecule has 0 radical (unpaired) electrons. The van der Waals surface area contributed by atoms with Gasteiger partial charge in [-0.15, -0.1) is 0 Å². The average molecular weight is 250 g/mol. The summed E-state index contributed by atoms with van der Waals surface area (Å²) in [6, 6.07) is 4.83. The number of benzene rings is 1. The summed E-state index contributed by atoms with van der Waals surface area (Å²) >= 11 is 0. The lowest BCUT2D eigenvalue weighted by Gasteiger charge is -2.14. The van der Waals surface area contributed by atoms with Crippen LogP contribution in [0.15, 0.2) is 18.2 Å². The molecule has 0 heterocycles. The molecule has 1 aromatic rings. The predicted octanol–water partition coefficient (Wildman–Crippen LogP) is 2.29. The number of amides is 2. The number of aryl methyl sites for hydroxylation is 1. The first-order valence-electron chi connectivity index (χ1n) is 5.75. The van der Waals surface area contributed by atoms with Crippen LogP contribution < -0.4 is 10.6 Å². The van der Waals surface area contributed by atoms with Crippen molar-refractivity contribution in [1.29, 1.82) is 0 Å². The largest absolute Gasteiger partial charge is 0.481 e. The van der Waals surface area contributed by atoms with Crippen LogP contribution >= 0.6 is 0 Å². The number of urea groups is 1. The first-order chi connectivity index (χ1) is 8.40. The van der Waals surface area contributed by atoms with Crippen molar-refractivity contribution in [2.75, 3.05) is 5.32 Å². The number of anilines is 1. The van der Waals surface area contributed by atoms with Crippen molar-refractivity contribution in [3.8, 4) is 0 Å². The SMILES string of the molecule is Cc1cccc(NC(=O)NC(C)CC(=O)O)c1C. The van der Waals surface area contributed by atoms with Crippen molar-refractivity contribution < 1.29 is 14.7 Å². The topological polar surface area (TPSA) is 78.4 Å². The summed E-state index contributed by atoms with van der Waals surface area (Å²) in [5.41, 5.74) is 2.82. The van der Waals surface area contributed by atoms with Gasteiger partial charge in [0.1, 0.15) is 0 Å². The minimum Gasteiger partial charge on any atom is -0.481 e. The molecular formula is C13H18N2O3. The Morgan fingerprint density at radius 1 is 1.33 bits per heavy atom. The number of aliphatic carboxylic acids is 1. The maximum atomic E-state index is 11.7. The van der Waals surface area contributed by atoms with Crippen LogP contribution in [0.1, 0.15) is 24.5 Å². The third kappa shape index (κ3) is 4.08. The summed E-state index contributed by atoms with van der Waals surface area (Å²) in [4.78, 5) is 22.1. The third-order valence-corrected chi connectivity index (χ3v) is 2.71.